The normalized spacial score (nSPS) is 9.47. The quantitative estimate of drug-likeness (QED) is 0.558. The van der Waals surface area contributed by atoms with Crippen molar-refractivity contribution in [1.82, 2.24) is 4.98 Å². The number of hydrogen-bond donors (Lipinski definition) is 0. The molecule has 0 aromatic carbocycles. The Kier molecular flexibility index (Phi) is 3.85. The molecule has 1 rings (SSSR count). The molecule has 0 saturated carbocycles. The molecular weight excluding hydrogens is 194 g/mol. The number of methoxy groups -OCH3 is 1. The molecule has 4 heteroatoms. The van der Waals surface area contributed by atoms with Crippen molar-refractivity contribution < 1.29 is 14.3 Å². The van der Waals surface area contributed by atoms with Crippen LogP contribution in [0.1, 0.15) is 17.4 Å². The van der Waals surface area contributed by atoms with Crippen LogP contribution in [0.25, 0.3) is 0 Å². The van der Waals surface area contributed by atoms with Crippen LogP contribution in [0.5, 0.6) is 5.75 Å². The van der Waals surface area contributed by atoms with E-state index in [4.69, 9.17) is 4.74 Å². The summed E-state index contributed by atoms with van der Waals surface area (Å²) in [7, 11) is 1.31. The zero-order valence-electron chi connectivity index (χ0n) is 8.82. The molecule has 1 heterocycles. The maximum absolute atomic E-state index is 11.3. The van der Waals surface area contributed by atoms with Gasteiger partial charge in [-0.3, -0.25) is 0 Å². The molecule has 0 fully saturated rings. The number of aromatic nitrogens is 1. The van der Waals surface area contributed by atoms with Gasteiger partial charge in [0.05, 0.1) is 7.11 Å². The zero-order valence-corrected chi connectivity index (χ0v) is 8.82. The fourth-order valence-corrected chi connectivity index (χ4v) is 0.958. The van der Waals surface area contributed by atoms with E-state index in [9.17, 15) is 4.79 Å². The van der Waals surface area contributed by atoms with E-state index in [-0.39, 0.29) is 5.69 Å². The molecule has 0 unspecified atom stereocenters. The van der Waals surface area contributed by atoms with Gasteiger partial charge in [0.25, 0.3) is 0 Å². The van der Waals surface area contributed by atoms with Crippen LogP contribution in [0.3, 0.4) is 0 Å². The van der Waals surface area contributed by atoms with Gasteiger partial charge in [0.15, 0.2) is 11.4 Å². The molecule has 80 valence electrons. The molecule has 0 radical (unpaired) electrons. The first-order valence-corrected chi connectivity index (χ1v) is 4.45. The van der Waals surface area contributed by atoms with Crippen molar-refractivity contribution in [3.05, 3.63) is 36.2 Å². The summed E-state index contributed by atoms with van der Waals surface area (Å²) in [5, 5.41) is 0. The lowest BCUT2D eigenvalue weighted by molar-refractivity contribution is 0.0589. The molecule has 0 N–H and O–H groups in total. The fraction of sp³-hybridized carbons (Fsp3) is 0.273. The van der Waals surface area contributed by atoms with Crippen LogP contribution in [0.2, 0.25) is 0 Å². The predicted octanol–water partition coefficient (Wildman–Crippen LogP) is 1.82. The predicted molar refractivity (Wildman–Crippen MR) is 55.9 cm³/mol. The summed E-state index contributed by atoms with van der Waals surface area (Å²) >= 11 is 0. The Morgan fingerprint density at radius 1 is 1.60 bits per heavy atom. The van der Waals surface area contributed by atoms with Gasteiger partial charge in [-0.05, 0) is 24.6 Å². The smallest absolute Gasteiger partial charge is 0.360 e. The Labute approximate surface area is 88.5 Å². The first-order chi connectivity index (χ1) is 7.15. The average molecular weight is 207 g/mol. The highest BCUT2D eigenvalue weighted by molar-refractivity contribution is 5.90. The fourth-order valence-electron chi connectivity index (χ4n) is 0.958. The van der Waals surface area contributed by atoms with E-state index in [1.54, 1.807) is 12.1 Å². The maximum Gasteiger partial charge on any atom is 0.360 e. The highest BCUT2D eigenvalue weighted by Gasteiger charge is 2.13. The van der Waals surface area contributed by atoms with Crippen LogP contribution in [-0.2, 0) is 4.74 Å². The topological polar surface area (TPSA) is 48.4 Å². The number of nitrogens with zero attached hydrogens (tertiary/aromatic N) is 1. The summed E-state index contributed by atoms with van der Waals surface area (Å²) < 4.78 is 9.94. The van der Waals surface area contributed by atoms with Crippen LogP contribution in [0.15, 0.2) is 30.5 Å². The molecule has 0 amide bonds. The summed E-state index contributed by atoms with van der Waals surface area (Å²) in [4.78, 5) is 15.2. The largest absolute Gasteiger partial charge is 0.487 e. The Balaban J connectivity index is 2.86. The molecule has 15 heavy (non-hydrogen) atoms. The van der Waals surface area contributed by atoms with Crippen molar-refractivity contribution >= 4 is 5.97 Å². The van der Waals surface area contributed by atoms with Crippen LogP contribution in [0, 0.1) is 0 Å². The second-order valence-corrected chi connectivity index (χ2v) is 3.09. The van der Waals surface area contributed by atoms with Crippen LogP contribution < -0.4 is 4.74 Å². The van der Waals surface area contributed by atoms with Crippen LogP contribution in [-0.4, -0.2) is 24.7 Å². The number of carbonyl (C=O) groups excluding carboxylic acids is 1. The number of esters is 1. The van der Waals surface area contributed by atoms with Gasteiger partial charge in [-0.1, -0.05) is 6.58 Å². The molecule has 0 saturated heterocycles. The second kappa shape index (κ2) is 5.14. The summed E-state index contributed by atoms with van der Waals surface area (Å²) in [5.74, 6) is -0.0975. The molecule has 0 aliphatic carbocycles. The number of rotatable bonds is 4. The minimum Gasteiger partial charge on any atom is -0.487 e. The van der Waals surface area contributed by atoms with E-state index in [1.165, 1.54) is 13.3 Å². The van der Waals surface area contributed by atoms with E-state index in [0.717, 1.165) is 5.57 Å². The van der Waals surface area contributed by atoms with Crippen molar-refractivity contribution in [1.29, 1.82) is 0 Å². The zero-order chi connectivity index (χ0) is 11.3. The number of pyridine rings is 1. The monoisotopic (exact) mass is 207 g/mol. The standard InChI is InChI=1S/C11H13NO3/c1-8(2)7-15-9-5-4-6-12-10(9)11(13)14-3/h4-6H,1,7H2,2-3H3. The Bertz CT molecular complexity index is 374. The molecule has 0 aliphatic rings. The third-order valence-electron chi connectivity index (χ3n) is 1.62. The molecule has 0 atom stereocenters. The Morgan fingerprint density at radius 2 is 2.33 bits per heavy atom. The molecular formula is C11H13NO3. The lowest BCUT2D eigenvalue weighted by atomic mass is 10.3. The highest BCUT2D eigenvalue weighted by Crippen LogP contribution is 2.16. The van der Waals surface area contributed by atoms with Gasteiger partial charge < -0.3 is 9.47 Å². The minimum absolute atomic E-state index is 0.182. The van der Waals surface area contributed by atoms with E-state index in [0.29, 0.717) is 12.4 Å². The van der Waals surface area contributed by atoms with Gasteiger partial charge in [-0.2, -0.15) is 0 Å². The Hall–Kier alpha value is -1.84. The van der Waals surface area contributed by atoms with E-state index in [1.807, 2.05) is 6.92 Å². The van der Waals surface area contributed by atoms with Gasteiger partial charge in [0.2, 0.25) is 0 Å². The molecule has 0 spiro atoms. The summed E-state index contributed by atoms with van der Waals surface area (Å²) in [6, 6.07) is 3.36. The lowest BCUT2D eigenvalue weighted by Crippen LogP contribution is -2.08. The Morgan fingerprint density at radius 3 is 2.93 bits per heavy atom. The highest BCUT2D eigenvalue weighted by atomic mass is 16.5. The molecule has 4 nitrogen and oxygen atoms in total. The molecule has 1 aromatic heterocycles. The first kappa shape index (κ1) is 11.2. The second-order valence-electron chi connectivity index (χ2n) is 3.09. The van der Waals surface area contributed by atoms with Crippen LogP contribution in [0.4, 0.5) is 0 Å². The average Bonchev–Trinajstić information content (AvgIpc) is 2.25. The minimum atomic E-state index is -0.507. The summed E-state index contributed by atoms with van der Waals surface area (Å²) in [5.41, 5.74) is 1.05. The number of hydrogen-bond acceptors (Lipinski definition) is 4. The summed E-state index contributed by atoms with van der Waals surface area (Å²) in [6.07, 6.45) is 1.51. The van der Waals surface area contributed by atoms with E-state index < -0.39 is 5.97 Å². The van der Waals surface area contributed by atoms with Crippen molar-refractivity contribution in [3.8, 4) is 5.75 Å². The van der Waals surface area contributed by atoms with Gasteiger partial charge in [0, 0.05) is 6.20 Å². The third-order valence-corrected chi connectivity index (χ3v) is 1.62. The van der Waals surface area contributed by atoms with Crippen molar-refractivity contribution in [2.24, 2.45) is 0 Å². The first-order valence-electron chi connectivity index (χ1n) is 4.45. The number of carbonyl (C=O) groups is 1. The maximum atomic E-state index is 11.3. The molecule has 0 bridgehead atoms. The van der Waals surface area contributed by atoms with Gasteiger partial charge in [0.1, 0.15) is 6.61 Å². The van der Waals surface area contributed by atoms with Gasteiger partial charge in [-0.25, -0.2) is 9.78 Å². The van der Waals surface area contributed by atoms with Gasteiger partial charge >= 0.3 is 5.97 Å². The van der Waals surface area contributed by atoms with Gasteiger partial charge in [-0.15, -0.1) is 0 Å². The van der Waals surface area contributed by atoms with Crippen molar-refractivity contribution in [2.45, 2.75) is 6.92 Å². The van der Waals surface area contributed by atoms with Crippen LogP contribution >= 0.6 is 0 Å². The third kappa shape index (κ3) is 3.09. The van der Waals surface area contributed by atoms with E-state index in [2.05, 4.69) is 16.3 Å². The number of ether oxygens (including phenoxy) is 2. The summed E-state index contributed by atoms with van der Waals surface area (Å²) in [6.45, 7) is 5.90. The molecule has 0 aliphatic heterocycles. The van der Waals surface area contributed by atoms with Crippen molar-refractivity contribution in [2.75, 3.05) is 13.7 Å². The van der Waals surface area contributed by atoms with E-state index >= 15 is 0 Å². The lowest BCUT2D eigenvalue weighted by Gasteiger charge is -2.08. The SMILES string of the molecule is C=C(C)COc1cccnc1C(=O)OC. The molecule has 1 aromatic rings. The van der Waals surface area contributed by atoms with Crippen molar-refractivity contribution in [3.63, 3.8) is 0 Å².